The first-order valence-corrected chi connectivity index (χ1v) is 5.53. The van der Waals surface area contributed by atoms with Crippen molar-refractivity contribution in [3.63, 3.8) is 0 Å². The van der Waals surface area contributed by atoms with Gasteiger partial charge in [-0.3, -0.25) is 0 Å². The summed E-state index contributed by atoms with van der Waals surface area (Å²) in [4.78, 5) is 4.63. The standard InChI is InChI=1S/C14H13N3.ClH/c1-17-13-8-3-2-7-12(13)16-14(17)10-5-4-6-11(15)9-10;/h2-9H,15H2,1H3;1H. The maximum Gasteiger partial charge on any atom is 0.140 e. The molecule has 0 bridgehead atoms. The van der Waals surface area contributed by atoms with Gasteiger partial charge in [-0.1, -0.05) is 24.3 Å². The molecule has 0 fully saturated rings. The fourth-order valence-electron chi connectivity index (χ4n) is 2.08. The molecule has 0 unspecified atom stereocenters. The monoisotopic (exact) mass is 259 g/mol. The van der Waals surface area contributed by atoms with Gasteiger partial charge < -0.3 is 10.3 Å². The Bertz CT molecular complexity index is 688. The lowest BCUT2D eigenvalue weighted by Crippen LogP contribution is -1.93. The van der Waals surface area contributed by atoms with Crippen LogP contribution in [0, 0.1) is 0 Å². The quantitative estimate of drug-likeness (QED) is 0.682. The van der Waals surface area contributed by atoms with E-state index in [9.17, 15) is 0 Å². The summed E-state index contributed by atoms with van der Waals surface area (Å²) in [6, 6.07) is 15.9. The van der Waals surface area contributed by atoms with E-state index < -0.39 is 0 Å². The molecular formula is C14H14ClN3. The molecule has 2 aromatic carbocycles. The lowest BCUT2D eigenvalue weighted by molar-refractivity contribution is 0.959. The summed E-state index contributed by atoms with van der Waals surface area (Å²) in [5.41, 5.74) is 9.74. The lowest BCUT2D eigenvalue weighted by Gasteiger charge is -2.03. The number of halogens is 1. The molecule has 3 rings (SSSR count). The van der Waals surface area contributed by atoms with E-state index >= 15 is 0 Å². The third kappa shape index (κ3) is 1.93. The zero-order valence-electron chi connectivity index (χ0n) is 10.00. The number of fused-ring (bicyclic) bond motifs is 1. The summed E-state index contributed by atoms with van der Waals surface area (Å²) in [6.07, 6.45) is 0. The Morgan fingerprint density at radius 2 is 1.83 bits per heavy atom. The Labute approximate surface area is 112 Å². The zero-order valence-corrected chi connectivity index (χ0v) is 10.8. The van der Waals surface area contributed by atoms with Crippen LogP contribution in [0.1, 0.15) is 0 Å². The molecular weight excluding hydrogens is 246 g/mol. The minimum Gasteiger partial charge on any atom is -0.399 e. The van der Waals surface area contributed by atoms with Gasteiger partial charge in [0.05, 0.1) is 11.0 Å². The largest absolute Gasteiger partial charge is 0.399 e. The summed E-state index contributed by atoms with van der Waals surface area (Å²) in [7, 11) is 2.02. The van der Waals surface area contributed by atoms with E-state index in [1.165, 1.54) is 0 Å². The van der Waals surface area contributed by atoms with Crippen LogP contribution in [0.2, 0.25) is 0 Å². The van der Waals surface area contributed by atoms with Gasteiger partial charge in [-0.05, 0) is 24.3 Å². The van der Waals surface area contributed by atoms with E-state index in [1.54, 1.807) is 0 Å². The van der Waals surface area contributed by atoms with Gasteiger partial charge in [0.25, 0.3) is 0 Å². The van der Waals surface area contributed by atoms with Gasteiger partial charge in [0, 0.05) is 18.3 Å². The number of nitrogen functional groups attached to an aromatic ring is 1. The molecule has 1 heterocycles. The van der Waals surface area contributed by atoms with Crippen LogP contribution in [-0.2, 0) is 7.05 Å². The number of aryl methyl sites for hydroxylation is 1. The Hall–Kier alpha value is -2.00. The lowest BCUT2D eigenvalue weighted by atomic mass is 10.2. The van der Waals surface area contributed by atoms with Crippen LogP contribution < -0.4 is 5.73 Å². The summed E-state index contributed by atoms with van der Waals surface area (Å²) < 4.78 is 2.09. The first kappa shape index (κ1) is 12.5. The molecule has 0 spiro atoms. The average Bonchev–Trinajstić information content (AvgIpc) is 2.68. The number of aromatic nitrogens is 2. The van der Waals surface area contributed by atoms with Gasteiger partial charge in [0.15, 0.2) is 0 Å². The van der Waals surface area contributed by atoms with Gasteiger partial charge in [0.2, 0.25) is 0 Å². The molecule has 0 aliphatic rings. The summed E-state index contributed by atoms with van der Waals surface area (Å²) >= 11 is 0. The van der Waals surface area contributed by atoms with Crippen molar-refractivity contribution >= 4 is 29.1 Å². The maximum atomic E-state index is 5.80. The normalized spacial score (nSPS) is 10.3. The second kappa shape index (κ2) is 4.70. The number of benzene rings is 2. The molecule has 0 radical (unpaired) electrons. The van der Waals surface area contributed by atoms with Crippen molar-refractivity contribution in [1.82, 2.24) is 9.55 Å². The number of hydrogen-bond donors (Lipinski definition) is 1. The molecule has 0 saturated carbocycles. The van der Waals surface area contributed by atoms with Crippen molar-refractivity contribution in [2.45, 2.75) is 0 Å². The van der Waals surface area contributed by atoms with Gasteiger partial charge in [-0.2, -0.15) is 0 Å². The number of rotatable bonds is 1. The first-order valence-electron chi connectivity index (χ1n) is 5.53. The zero-order chi connectivity index (χ0) is 11.8. The Morgan fingerprint density at radius 1 is 1.06 bits per heavy atom. The highest BCUT2D eigenvalue weighted by Crippen LogP contribution is 2.24. The highest BCUT2D eigenvalue weighted by atomic mass is 35.5. The molecule has 3 nitrogen and oxygen atoms in total. The summed E-state index contributed by atoms with van der Waals surface area (Å²) in [5, 5.41) is 0. The highest BCUT2D eigenvalue weighted by molar-refractivity contribution is 5.85. The van der Waals surface area contributed by atoms with E-state index in [2.05, 4.69) is 15.6 Å². The topological polar surface area (TPSA) is 43.8 Å². The average molecular weight is 260 g/mol. The number of nitrogens with two attached hydrogens (primary N) is 1. The molecule has 92 valence electrons. The second-order valence-electron chi connectivity index (χ2n) is 4.11. The van der Waals surface area contributed by atoms with Gasteiger partial charge in [-0.15, -0.1) is 12.4 Å². The number of para-hydroxylation sites is 2. The maximum absolute atomic E-state index is 5.80. The van der Waals surface area contributed by atoms with Gasteiger partial charge >= 0.3 is 0 Å². The fraction of sp³-hybridized carbons (Fsp3) is 0.0714. The molecule has 0 aliphatic heterocycles. The second-order valence-corrected chi connectivity index (χ2v) is 4.11. The van der Waals surface area contributed by atoms with Gasteiger partial charge in [0.1, 0.15) is 5.82 Å². The number of hydrogen-bond acceptors (Lipinski definition) is 2. The molecule has 0 saturated heterocycles. The third-order valence-electron chi connectivity index (χ3n) is 2.93. The van der Waals surface area contributed by atoms with Crippen molar-refractivity contribution in [3.8, 4) is 11.4 Å². The molecule has 0 amide bonds. The molecule has 0 aliphatic carbocycles. The fourth-order valence-corrected chi connectivity index (χ4v) is 2.08. The first-order chi connectivity index (χ1) is 8.25. The molecule has 4 heteroatoms. The van der Waals surface area contributed by atoms with Crippen molar-refractivity contribution in [2.24, 2.45) is 7.05 Å². The Balaban J connectivity index is 0.00000120. The van der Waals surface area contributed by atoms with E-state index in [0.29, 0.717) is 0 Å². The highest BCUT2D eigenvalue weighted by Gasteiger charge is 2.08. The van der Waals surface area contributed by atoms with Crippen LogP contribution in [0.4, 0.5) is 5.69 Å². The van der Waals surface area contributed by atoms with E-state index in [4.69, 9.17) is 5.73 Å². The van der Waals surface area contributed by atoms with E-state index in [1.807, 2.05) is 49.5 Å². The van der Waals surface area contributed by atoms with Crippen LogP contribution in [0.5, 0.6) is 0 Å². The third-order valence-corrected chi connectivity index (χ3v) is 2.93. The van der Waals surface area contributed by atoms with Crippen molar-refractivity contribution < 1.29 is 0 Å². The van der Waals surface area contributed by atoms with Gasteiger partial charge in [-0.25, -0.2) is 4.98 Å². The minimum atomic E-state index is 0. The van der Waals surface area contributed by atoms with Crippen LogP contribution in [0.15, 0.2) is 48.5 Å². The molecule has 2 N–H and O–H groups in total. The summed E-state index contributed by atoms with van der Waals surface area (Å²) in [6.45, 7) is 0. The molecule has 18 heavy (non-hydrogen) atoms. The smallest absolute Gasteiger partial charge is 0.140 e. The van der Waals surface area contributed by atoms with E-state index in [-0.39, 0.29) is 12.4 Å². The Kier molecular flexibility index (Phi) is 3.26. The summed E-state index contributed by atoms with van der Waals surface area (Å²) in [5.74, 6) is 0.943. The SMILES string of the molecule is Cl.Cn1c(-c2cccc(N)c2)nc2ccccc21. The number of imidazole rings is 1. The number of nitrogens with zero attached hydrogens (tertiary/aromatic N) is 2. The molecule has 1 aromatic heterocycles. The number of anilines is 1. The van der Waals surface area contributed by atoms with Crippen LogP contribution >= 0.6 is 12.4 Å². The van der Waals surface area contributed by atoms with Crippen molar-refractivity contribution in [2.75, 3.05) is 5.73 Å². The van der Waals surface area contributed by atoms with E-state index in [0.717, 1.165) is 28.1 Å². The van der Waals surface area contributed by atoms with Crippen molar-refractivity contribution in [3.05, 3.63) is 48.5 Å². The predicted molar refractivity (Wildman–Crippen MR) is 77.8 cm³/mol. The van der Waals surface area contributed by atoms with Crippen molar-refractivity contribution in [1.29, 1.82) is 0 Å². The Morgan fingerprint density at radius 3 is 2.56 bits per heavy atom. The van der Waals surface area contributed by atoms with Crippen LogP contribution in [0.25, 0.3) is 22.4 Å². The van der Waals surface area contributed by atoms with Crippen LogP contribution in [0.3, 0.4) is 0 Å². The molecule has 3 aromatic rings. The molecule has 0 atom stereocenters. The minimum absolute atomic E-state index is 0. The predicted octanol–water partition coefficient (Wildman–Crippen LogP) is 3.24. The van der Waals surface area contributed by atoms with Crippen LogP contribution in [-0.4, -0.2) is 9.55 Å².